The summed E-state index contributed by atoms with van der Waals surface area (Å²) in [4.78, 5) is 15.6. The minimum absolute atomic E-state index is 0.0126. The van der Waals surface area contributed by atoms with Crippen LogP contribution in [0.3, 0.4) is 0 Å². The lowest BCUT2D eigenvalue weighted by Crippen LogP contribution is -2.07. The molecule has 0 aliphatic heterocycles. The van der Waals surface area contributed by atoms with Crippen LogP contribution in [0.2, 0.25) is 5.02 Å². The number of rotatable bonds is 6. The zero-order valence-corrected chi connectivity index (χ0v) is 18.0. The van der Waals surface area contributed by atoms with E-state index < -0.39 is 10.7 Å². The number of aromatic nitrogens is 1. The van der Waals surface area contributed by atoms with E-state index in [4.69, 9.17) is 11.6 Å². The maximum Gasteiger partial charge on any atom is 0.313 e. The lowest BCUT2D eigenvalue weighted by molar-refractivity contribution is -0.384. The molecule has 0 radical (unpaired) electrons. The molecule has 0 unspecified atom stereocenters. The summed E-state index contributed by atoms with van der Waals surface area (Å²) in [5.74, 6) is -0.109. The summed E-state index contributed by atoms with van der Waals surface area (Å²) >= 11 is 6.26. The van der Waals surface area contributed by atoms with Crippen molar-refractivity contribution in [3.8, 4) is 11.3 Å². The number of nitrogens with zero attached hydrogens (tertiary/aromatic N) is 2. The summed E-state index contributed by atoms with van der Waals surface area (Å²) in [6, 6.07) is 13.2. The van der Waals surface area contributed by atoms with Crippen LogP contribution >= 0.6 is 11.6 Å². The fraction of sp³-hybridized carbons (Fsp3) is 0.261. The normalized spacial score (nSPS) is 11.2. The van der Waals surface area contributed by atoms with Crippen LogP contribution in [-0.4, -0.2) is 9.91 Å². The third-order valence-corrected chi connectivity index (χ3v) is 5.19. The molecule has 3 rings (SSSR count). The van der Waals surface area contributed by atoms with Gasteiger partial charge in [-0.1, -0.05) is 69.6 Å². The maximum atomic E-state index is 14.4. The predicted molar refractivity (Wildman–Crippen MR) is 119 cm³/mol. The largest absolute Gasteiger partial charge is 0.334 e. The average molecular weight is 428 g/mol. The van der Waals surface area contributed by atoms with E-state index in [1.165, 1.54) is 12.1 Å². The molecule has 7 heteroatoms. The molecule has 0 spiro atoms. The highest BCUT2D eigenvalue weighted by Crippen LogP contribution is 2.39. The van der Waals surface area contributed by atoms with Gasteiger partial charge in [0.1, 0.15) is 5.82 Å². The zero-order chi connectivity index (χ0) is 22.0. The van der Waals surface area contributed by atoms with Crippen molar-refractivity contribution in [2.75, 3.05) is 5.32 Å². The van der Waals surface area contributed by atoms with E-state index in [0.717, 1.165) is 16.8 Å². The Hall–Kier alpha value is -2.99. The Morgan fingerprint density at radius 3 is 2.17 bits per heavy atom. The van der Waals surface area contributed by atoms with E-state index in [1.54, 1.807) is 18.2 Å². The molecule has 156 valence electrons. The van der Waals surface area contributed by atoms with Crippen molar-refractivity contribution in [3.63, 3.8) is 0 Å². The van der Waals surface area contributed by atoms with Crippen molar-refractivity contribution >= 4 is 28.8 Å². The highest BCUT2D eigenvalue weighted by molar-refractivity contribution is 6.33. The molecule has 0 aliphatic carbocycles. The van der Waals surface area contributed by atoms with Gasteiger partial charge < -0.3 is 5.32 Å². The fourth-order valence-corrected chi connectivity index (χ4v) is 3.61. The molecule has 0 saturated carbocycles. The summed E-state index contributed by atoms with van der Waals surface area (Å²) in [5.41, 5.74) is 2.87. The molecular weight excluding hydrogens is 405 g/mol. The van der Waals surface area contributed by atoms with Crippen LogP contribution in [0.25, 0.3) is 11.3 Å². The summed E-state index contributed by atoms with van der Waals surface area (Å²) in [7, 11) is 0. The first-order valence-electron chi connectivity index (χ1n) is 9.70. The van der Waals surface area contributed by atoms with Gasteiger partial charge in [-0.25, -0.2) is 9.37 Å². The molecule has 0 aliphatic rings. The lowest BCUT2D eigenvalue weighted by atomic mass is 9.92. The molecule has 0 bridgehead atoms. The first kappa shape index (κ1) is 21.7. The number of anilines is 2. The van der Waals surface area contributed by atoms with Gasteiger partial charge in [-0.3, -0.25) is 10.1 Å². The highest BCUT2D eigenvalue weighted by Gasteiger charge is 2.24. The van der Waals surface area contributed by atoms with Crippen molar-refractivity contribution in [1.29, 1.82) is 0 Å². The first-order valence-corrected chi connectivity index (χ1v) is 10.1. The van der Waals surface area contributed by atoms with Crippen molar-refractivity contribution in [2.45, 2.75) is 39.5 Å². The molecular formula is C23H23ClFN3O2. The first-order chi connectivity index (χ1) is 14.2. The van der Waals surface area contributed by atoms with Crippen LogP contribution in [0, 0.1) is 15.9 Å². The SMILES string of the molecule is CC(C)c1cccc(C(C)C)c1Nc1nc(-c2ccccc2F)c(Cl)cc1[N+](=O)[O-]. The second-order valence-corrected chi connectivity index (χ2v) is 8.08. The van der Waals surface area contributed by atoms with Gasteiger partial charge in [0.2, 0.25) is 5.82 Å². The summed E-state index contributed by atoms with van der Waals surface area (Å²) in [6.07, 6.45) is 0. The van der Waals surface area contributed by atoms with Gasteiger partial charge in [-0.2, -0.15) is 0 Å². The van der Waals surface area contributed by atoms with Crippen molar-refractivity contribution in [3.05, 3.63) is 80.6 Å². The van der Waals surface area contributed by atoms with Gasteiger partial charge in [-0.05, 0) is 35.1 Å². The van der Waals surface area contributed by atoms with Gasteiger partial charge in [0.25, 0.3) is 0 Å². The zero-order valence-electron chi connectivity index (χ0n) is 17.2. The van der Waals surface area contributed by atoms with E-state index in [-0.39, 0.29) is 39.6 Å². The van der Waals surface area contributed by atoms with Gasteiger partial charge in [0, 0.05) is 17.3 Å². The van der Waals surface area contributed by atoms with Crippen LogP contribution < -0.4 is 5.32 Å². The molecule has 3 aromatic rings. The third kappa shape index (κ3) is 4.28. The van der Waals surface area contributed by atoms with Crippen LogP contribution in [0.5, 0.6) is 0 Å². The minimum Gasteiger partial charge on any atom is -0.334 e. The smallest absolute Gasteiger partial charge is 0.313 e. The molecule has 30 heavy (non-hydrogen) atoms. The number of para-hydroxylation sites is 1. The molecule has 1 N–H and O–H groups in total. The molecule has 5 nitrogen and oxygen atoms in total. The Labute approximate surface area is 180 Å². The summed E-state index contributed by atoms with van der Waals surface area (Å²) in [5, 5.41) is 14.9. The van der Waals surface area contributed by atoms with Crippen molar-refractivity contribution in [1.82, 2.24) is 4.98 Å². The number of nitrogens with one attached hydrogen (secondary N) is 1. The van der Waals surface area contributed by atoms with E-state index in [0.29, 0.717) is 0 Å². The molecule has 2 aromatic carbocycles. The van der Waals surface area contributed by atoms with Crippen LogP contribution in [0.4, 0.5) is 21.6 Å². The number of halogens is 2. The Morgan fingerprint density at radius 2 is 1.63 bits per heavy atom. The van der Waals surface area contributed by atoms with Gasteiger partial charge >= 0.3 is 5.69 Å². The summed E-state index contributed by atoms with van der Waals surface area (Å²) < 4.78 is 14.4. The molecule has 1 heterocycles. The monoisotopic (exact) mass is 427 g/mol. The van der Waals surface area contributed by atoms with Gasteiger partial charge in [-0.15, -0.1) is 0 Å². The van der Waals surface area contributed by atoms with Gasteiger partial charge in [0.05, 0.1) is 15.6 Å². The third-order valence-electron chi connectivity index (χ3n) is 4.90. The Bertz CT molecular complexity index is 1070. The molecule has 0 amide bonds. The Morgan fingerprint density at radius 1 is 1.03 bits per heavy atom. The molecule has 0 fully saturated rings. The van der Waals surface area contributed by atoms with Crippen molar-refractivity contribution < 1.29 is 9.31 Å². The molecule has 0 atom stereocenters. The number of hydrogen-bond acceptors (Lipinski definition) is 4. The second kappa shape index (κ2) is 8.79. The number of benzene rings is 2. The van der Waals surface area contributed by atoms with Crippen LogP contribution in [0.15, 0.2) is 48.5 Å². The standard InChI is InChI=1S/C23H23ClFN3O2/c1-13(2)15-9-7-10-16(14(3)4)21(15)26-23-20(28(29)30)12-18(24)22(27-23)17-8-5-6-11-19(17)25/h5-14H,1-4H3,(H,26,27). The quantitative estimate of drug-likeness (QED) is 0.328. The van der Waals surface area contributed by atoms with Crippen LogP contribution in [-0.2, 0) is 0 Å². The summed E-state index contributed by atoms with van der Waals surface area (Å²) in [6.45, 7) is 8.22. The topological polar surface area (TPSA) is 68.1 Å². The van der Waals surface area contributed by atoms with E-state index in [1.807, 2.05) is 18.2 Å². The average Bonchev–Trinajstić information content (AvgIpc) is 2.69. The molecule has 1 aromatic heterocycles. The minimum atomic E-state index is -0.542. The Balaban J connectivity index is 2.23. The molecule has 0 saturated heterocycles. The number of nitro groups is 1. The van der Waals surface area contributed by atoms with Crippen LogP contribution in [0.1, 0.15) is 50.7 Å². The number of hydrogen-bond donors (Lipinski definition) is 1. The van der Waals surface area contributed by atoms with E-state index in [2.05, 4.69) is 38.0 Å². The highest BCUT2D eigenvalue weighted by atomic mass is 35.5. The van der Waals surface area contributed by atoms with Crippen molar-refractivity contribution in [2.24, 2.45) is 0 Å². The van der Waals surface area contributed by atoms with E-state index >= 15 is 0 Å². The van der Waals surface area contributed by atoms with Gasteiger partial charge in [0.15, 0.2) is 0 Å². The maximum absolute atomic E-state index is 14.4. The Kier molecular flexibility index (Phi) is 6.37. The van der Waals surface area contributed by atoms with E-state index in [9.17, 15) is 14.5 Å². The predicted octanol–water partition coefficient (Wildman–Crippen LogP) is 7.44. The second-order valence-electron chi connectivity index (χ2n) is 7.67. The number of pyridine rings is 1. The lowest BCUT2D eigenvalue weighted by Gasteiger charge is -2.21. The fourth-order valence-electron chi connectivity index (χ4n) is 3.37.